The van der Waals surface area contributed by atoms with Crippen LogP contribution in [0.4, 0.5) is 4.39 Å². The highest BCUT2D eigenvalue weighted by Crippen LogP contribution is 2.25. The van der Waals surface area contributed by atoms with E-state index in [4.69, 9.17) is 4.74 Å². The minimum absolute atomic E-state index is 0.198. The second kappa shape index (κ2) is 5.54. The average Bonchev–Trinajstić information content (AvgIpc) is 2.91. The third-order valence-electron chi connectivity index (χ3n) is 3.46. The van der Waals surface area contributed by atoms with Crippen molar-refractivity contribution < 1.29 is 14.2 Å². The van der Waals surface area contributed by atoms with Gasteiger partial charge in [0.2, 0.25) is 0 Å². The van der Waals surface area contributed by atoms with E-state index < -0.39 is 11.9 Å². The fourth-order valence-corrected chi connectivity index (χ4v) is 2.38. The molecular formula is C16H15FN2O2. The summed E-state index contributed by atoms with van der Waals surface area (Å²) in [5.74, 6) is -0.230. The van der Waals surface area contributed by atoms with E-state index >= 15 is 0 Å². The van der Waals surface area contributed by atoms with E-state index in [-0.39, 0.29) is 5.75 Å². The summed E-state index contributed by atoms with van der Waals surface area (Å²) in [4.78, 5) is 0. The topological polar surface area (TPSA) is 46.8 Å². The summed E-state index contributed by atoms with van der Waals surface area (Å²) in [6.07, 6.45) is 3.04. The van der Waals surface area contributed by atoms with Crippen LogP contribution in [0.15, 0.2) is 48.8 Å². The molecule has 0 saturated heterocycles. The average molecular weight is 286 g/mol. The normalized spacial score (nSPS) is 12.5. The molecule has 1 unspecified atom stereocenters. The molecule has 0 aliphatic heterocycles. The molecule has 0 aliphatic rings. The molecule has 2 heterocycles. The monoisotopic (exact) mass is 286 g/mol. The number of ether oxygens (including phenoxy) is 1. The molecule has 0 aliphatic carbocycles. The van der Waals surface area contributed by atoms with Crippen molar-refractivity contribution in [3.05, 3.63) is 65.7 Å². The third-order valence-corrected chi connectivity index (χ3v) is 3.46. The van der Waals surface area contributed by atoms with E-state index in [0.717, 1.165) is 11.1 Å². The quantitative estimate of drug-likeness (QED) is 0.802. The molecule has 3 rings (SSSR count). The molecule has 3 aromatic rings. The molecule has 0 radical (unpaired) electrons. The number of halogens is 1. The van der Waals surface area contributed by atoms with Gasteiger partial charge in [-0.05, 0) is 29.8 Å². The second-order valence-corrected chi connectivity index (χ2v) is 4.82. The van der Waals surface area contributed by atoms with Crippen molar-refractivity contribution in [2.45, 2.75) is 12.5 Å². The number of hydrogen-bond acceptors (Lipinski definition) is 3. The van der Waals surface area contributed by atoms with E-state index in [0.29, 0.717) is 12.0 Å². The van der Waals surface area contributed by atoms with Crippen LogP contribution in [0.25, 0.3) is 5.52 Å². The van der Waals surface area contributed by atoms with Gasteiger partial charge in [-0.15, -0.1) is 0 Å². The van der Waals surface area contributed by atoms with Gasteiger partial charge < -0.3 is 9.84 Å². The Balaban J connectivity index is 1.86. The van der Waals surface area contributed by atoms with Crippen LogP contribution < -0.4 is 4.74 Å². The van der Waals surface area contributed by atoms with Gasteiger partial charge in [0.25, 0.3) is 0 Å². The van der Waals surface area contributed by atoms with Crippen LogP contribution in [0.2, 0.25) is 0 Å². The zero-order valence-electron chi connectivity index (χ0n) is 11.5. The first-order valence-electron chi connectivity index (χ1n) is 6.62. The maximum absolute atomic E-state index is 13.7. The number of pyridine rings is 1. The highest BCUT2D eigenvalue weighted by atomic mass is 19.1. The Bertz CT molecular complexity index is 770. The molecule has 1 aromatic carbocycles. The molecular weight excluding hydrogens is 271 g/mol. The molecule has 1 atom stereocenters. The zero-order chi connectivity index (χ0) is 14.8. The lowest BCUT2D eigenvalue weighted by Gasteiger charge is -2.10. The van der Waals surface area contributed by atoms with Gasteiger partial charge in [0.05, 0.1) is 24.9 Å². The van der Waals surface area contributed by atoms with Gasteiger partial charge in [-0.1, -0.05) is 12.1 Å². The van der Waals surface area contributed by atoms with Gasteiger partial charge in [-0.3, -0.25) is 0 Å². The molecule has 0 saturated carbocycles. The smallest absolute Gasteiger partial charge is 0.165 e. The number of fused-ring (bicyclic) bond motifs is 1. The first kappa shape index (κ1) is 13.6. The summed E-state index contributed by atoms with van der Waals surface area (Å²) in [5.41, 5.74) is 2.28. The molecule has 1 N–H and O–H groups in total. The summed E-state index contributed by atoms with van der Waals surface area (Å²) in [6, 6.07) is 10.3. The first-order chi connectivity index (χ1) is 10.2. The summed E-state index contributed by atoms with van der Waals surface area (Å²) in [6.45, 7) is 0. The molecule has 108 valence electrons. The lowest BCUT2D eigenvalue weighted by Crippen LogP contribution is -2.02. The Kier molecular flexibility index (Phi) is 3.58. The minimum atomic E-state index is -0.738. The van der Waals surface area contributed by atoms with Crippen molar-refractivity contribution >= 4 is 5.52 Å². The van der Waals surface area contributed by atoms with Gasteiger partial charge >= 0.3 is 0 Å². The van der Waals surface area contributed by atoms with E-state index in [9.17, 15) is 9.50 Å². The number of methoxy groups -OCH3 is 1. The summed E-state index contributed by atoms with van der Waals surface area (Å²) < 4.78 is 20.3. The number of nitrogens with zero attached hydrogens (tertiary/aromatic N) is 2. The summed E-state index contributed by atoms with van der Waals surface area (Å²) in [7, 11) is 1.42. The fraction of sp³-hybridized carbons (Fsp3) is 0.188. The van der Waals surface area contributed by atoms with Gasteiger partial charge in [0.15, 0.2) is 11.6 Å². The van der Waals surface area contributed by atoms with Crippen LogP contribution >= 0.6 is 0 Å². The SMILES string of the molecule is COc1ccc(CC(O)c2cnn3ccccc23)cc1F. The van der Waals surface area contributed by atoms with Gasteiger partial charge in [0.1, 0.15) is 0 Å². The van der Waals surface area contributed by atoms with Gasteiger partial charge in [0, 0.05) is 18.2 Å². The van der Waals surface area contributed by atoms with Crippen molar-refractivity contribution in [2.75, 3.05) is 7.11 Å². The number of aliphatic hydroxyl groups is 1. The van der Waals surface area contributed by atoms with E-state index in [1.807, 2.05) is 24.4 Å². The van der Waals surface area contributed by atoms with Crippen molar-refractivity contribution in [3.8, 4) is 5.75 Å². The van der Waals surface area contributed by atoms with E-state index in [2.05, 4.69) is 5.10 Å². The molecule has 0 amide bonds. The van der Waals surface area contributed by atoms with Crippen LogP contribution in [0, 0.1) is 5.82 Å². The Morgan fingerprint density at radius 2 is 2.19 bits per heavy atom. The van der Waals surface area contributed by atoms with E-state index in [1.165, 1.54) is 13.2 Å². The Hall–Kier alpha value is -2.40. The fourth-order valence-electron chi connectivity index (χ4n) is 2.38. The maximum Gasteiger partial charge on any atom is 0.165 e. The molecule has 21 heavy (non-hydrogen) atoms. The number of rotatable bonds is 4. The lowest BCUT2D eigenvalue weighted by molar-refractivity contribution is 0.180. The Morgan fingerprint density at radius 3 is 2.95 bits per heavy atom. The van der Waals surface area contributed by atoms with Crippen LogP contribution in [-0.2, 0) is 6.42 Å². The predicted octanol–water partition coefficient (Wildman–Crippen LogP) is 2.76. The van der Waals surface area contributed by atoms with Gasteiger partial charge in [-0.25, -0.2) is 8.91 Å². The summed E-state index contributed by atoms with van der Waals surface area (Å²) in [5, 5.41) is 14.6. The van der Waals surface area contributed by atoms with Gasteiger partial charge in [-0.2, -0.15) is 5.10 Å². The van der Waals surface area contributed by atoms with Crippen molar-refractivity contribution in [1.82, 2.24) is 9.61 Å². The number of aromatic nitrogens is 2. The minimum Gasteiger partial charge on any atom is -0.494 e. The lowest BCUT2D eigenvalue weighted by atomic mass is 10.0. The highest BCUT2D eigenvalue weighted by molar-refractivity contribution is 5.54. The third kappa shape index (κ3) is 2.60. The number of benzene rings is 1. The zero-order valence-corrected chi connectivity index (χ0v) is 11.5. The second-order valence-electron chi connectivity index (χ2n) is 4.82. The molecule has 0 bridgehead atoms. The number of aliphatic hydroxyl groups excluding tert-OH is 1. The molecule has 2 aromatic heterocycles. The standard InChI is InChI=1S/C16H15FN2O2/c1-21-16-6-5-11(8-13(16)17)9-15(20)12-10-18-19-7-3-2-4-14(12)19/h2-8,10,15,20H,9H2,1H3. The number of hydrogen-bond donors (Lipinski definition) is 1. The first-order valence-corrected chi connectivity index (χ1v) is 6.62. The molecule has 4 nitrogen and oxygen atoms in total. The Labute approximate surface area is 121 Å². The van der Waals surface area contributed by atoms with Crippen molar-refractivity contribution in [3.63, 3.8) is 0 Å². The largest absolute Gasteiger partial charge is 0.494 e. The highest BCUT2D eigenvalue weighted by Gasteiger charge is 2.15. The summed E-state index contributed by atoms with van der Waals surface area (Å²) >= 11 is 0. The predicted molar refractivity (Wildman–Crippen MR) is 76.8 cm³/mol. The van der Waals surface area contributed by atoms with Crippen molar-refractivity contribution in [1.29, 1.82) is 0 Å². The molecule has 0 fully saturated rings. The van der Waals surface area contributed by atoms with Crippen LogP contribution in [-0.4, -0.2) is 21.8 Å². The molecule has 5 heteroatoms. The van der Waals surface area contributed by atoms with Crippen molar-refractivity contribution in [2.24, 2.45) is 0 Å². The Morgan fingerprint density at radius 1 is 1.33 bits per heavy atom. The van der Waals surface area contributed by atoms with E-state index in [1.54, 1.807) is 22.8 Å². The van der Waals surface area contributed by atoms with Crippen LogP contribution in [0.1, 0.15) is 17.2 Å². The van der Waals surface area contributed by atoms with Crippen LogP contribution in [0.5, 0.6) is 5.75 Å². The van der Waals surface area contributed by atoms with Crippen LogP contribution in [0.3, 0.4) is 0 Å². The molecule has 0 spiro atoms. The maximum atomic E-state index is 13.7.